The van der Waals surface area contributed by atoms with Crippen LogP contribution in [0.2, 0.25) is 0 Å². The van der Waals surface area contributed by atoms with E-state index < -0.39 is 0 Å². The molecular weight excluding hydrogens is 222 g/mol. The predicted molar refractivity (Wildman–Crippen MR) is 75.8 cm³/mol. The molecule has 2 aromatic rings. The van der Waals surface area contributed by atoms with Gasteiger partial charge in [-0.1, -0.05) is 38.1 Å². The molecule has 3 heteroatoms. The smallest absolute Gasteiger partial charge is 0.0753 e. The van der Waals surface area contributed by atoms with Crippen LogP contribution in [0, 0.1) is 6.92 Å². The van der Waals surface area contributed by atoms with Crippen LogP contribution >= 0.6 is 0 Å². The zero-order valence-corrected chi connectivity index (χ0v) is 11.6. The second-order valence-corrected chi connectivity index (χ2v) is 4.85. The number of nitrogens with zero attached hydrogens (tertiary/aromatic N) is 2. The lowest BCUT2D eigenvalue weighted by atomic mass is 9.95. The van der Waals surface area contributed by atoms with Gasteiger partial charge in [-0.15, -0.1) is 0 Å². The van der Waals surface area contributed by atoms with Crippen LogP contribution in [0.4, 0.5) is 0 Å². The highest BCUT2D eigenvalue weighted by Crippen LogP contribution is 2.26. The number of fused-ring (bicyclic) bond motifs is 1. The molecular formula is C15H21N3. The molecule has 2 atom stereocenters. The summed E-state index contributed by atoms with van der Waals surface area (Å²) in [5.74, 6) is 0.350. The number of likely N-dealkylation sites (N-methyl/N-ethyl adjacent to an activating group) is 1. The highest BCUT2D eigenvalue weighted by Gasteiger charge is 2.18. The Balaban J connectivity index is 2.48. The molecule has 0 bridgehead atoms. The fourth-order valence-corrected chi connectivity index (χ4v) is 2.33. The van der Waals surface area contributed by atoms with Crippen molar-refractivity contribution in [1.82, 2.24) is 15.5 Å². The highest BCUT2D eigenvalue weighted by molar-refractivity contribution is 5.86. The van der Waals surface area contributed by atoms with Crippen LogP contribution in [0.3, 0.4) is 0 Å². The lowest BCUT2D eigenvalue weighted by Gasteiger charge is -2.21. The van der Waals surface area contributed by atoms with E-state index in [1.807, 2.05) is 6.92 Å². The lowest BCUT2D eigenvalue weighted by molar-refractivity contribution is 0.486. The Hall–Kier alpha value is -1.48. The molecule has 3 nitrogen and oxygen atoms in total. The van der Waals surface area contributed by atoms with Crippen molar-refractivity contribution in [1.29, 1.82) is 0 Å². The molecule has 1 heterocycles. The summed E-state index contributed by atoms with van der Waals surface area (Å²) < 4.78 is 0. The van der Waals surface area contributed by atoms with Crippen molar-refractivity contribution in [3.63, 3.8) is 0 Å². The third kappa shape index (κ3) is 2.36. The van der Waals surface area contributed by atoms with E-state index in [-0.39, 0.29) is 0 Å². The molecule has 0 spiro atoms. The number of hydrogen-bond donors (Lipinski definition) is 1. The van der Waals surface area contributed by atoms with Gasteiger partial charge >= 0.3 is 0 Å². The molecule has 0 aliphatic rings. The van der Waals surface area contributed by atoms with Gasteiger partial charge in [-0.2, -0.15) is 10.2 Å². The van der Waals surface area contributed by atoms with E-state index in [9.17, 15) is 0 Å². The third-order valence-corrected chi connectivity index (χ3v) is 3.61. The Morgan fingerprint density at radius 2 is 1.78 bits per heavy atom. The molecule has 2 rings (SSSR count). The van der Waals surface area contributed by atoms with Crippen LogP contribution < -0.4 is 5.32 Å². The first-order chi connectivity index (χ1) is 8.65. The summed E-state index contributed by atoms with van der Waals surface area (Å²) >= 11 is 0. The van der Waals surface area contributed by atoms with Crippen LogP contribution in [0.25, 0.3) is 10.8 Å². The molecule has 1 aromatic heterocycles. The summed E-state index contributed by atoms with van der Waals surface area (Å²) in [5.41, 5.74) is 2.09. The van der Waals surface area contributed by atoms with E-state index in [2.05, 4.69) is 60.6 Å². The minimum atomic E-state index is 0.350. The standard InChI is InChI=1S/C15H21N3/c1-5-16-11(3)10(2)15-14-9-7-6-8-13(14)12(4)17-18-15/h6-11,16H,5H2,1-4H3. The lowest BCUT2D eigenvalue weighted by Crippen LogP contribution is -2.31. The van der Waals surface area contributed by atoms with Crippen LogP contribution in [0.15, 0.2) is 24.3 Å². The molecule has 18 heavy (non-hydrogen) atoms. The Labute approximate surface area is 109 Å². The van der Waals surface area contributed by atoms with Crippen molar-refractivity contribution in [3.8, 4) is 0 Å². The van der Waals surface area contributed by atoms with Gasteiger partial charge in [0, 0.05) is 22.7 Å². The molecule has 0 fully saturated rings. The summed E-state index contributed by atoms with van der Waals surface area (Å²) in [4.78, 5) is 0. The van der Waals surface area contributed by atoms with Crippen molar-refractivity contribution >= 4 is 10.8 Å². The van der Waals surface area contributed by atoms with Gasteiger partial charge < -0.3 is 5.32 Å². The van der Waals surface area contributed by atoms with E-state index in [1.165, 1.54) is 10.8 Å². The molecule has 2 unspecified atom stereocenters. The molecule has 0 saturated carbocycles. The molecule has 1 aromatic carbocycles. The average molecular weight is 243 g/mol. The first-order valence-corrected chi connectivity index (χ1v) is 6.60. The van der Waals surface area contributed by atoms with Gasteiger partial charge in [0.1, 0.15) is 0 Å². The highest BCUT2D eigenvalue weighted by atomic mass is 15.1. The van der Waals surface area contributed by atoms with Crippen LogP contribution in [-0.2, 0) is 0 Å². The number of aryl methyl sites for hydroxylation is 1. The van der Waals surface area contributed by atoms with E-state index in [0.29, 0.717) is 12.0 Å². The van der Waals surface area contributed by atoms with Gasteiger partial charge in [0.25, 0.3) is 0 Å². The number of benzene rings is 1. The minimum Gasteiger partial charge on any atom is -0.314 e. The Bertz CT molecular complexity index is 536. The fraction of sp³-hybridized carbons (Fsp3) is 0.467. The van der Waals surface area contributed by atoms with Gasteiger partial charge in [0.05, 0.1) is 11.4 Å². The van der Waals surface area contributed by atoms with Crippen molar-refractivity contribution in [2.75, 3.05) is 6.54 Å². The normalized spacial score (nSPS) is 14.7. The number of hydrogen-bond acceptors (Lipinski definition) is 3. The second-order valence-electron chi connectivity index (χ2n) is 4.85. The van der Waals surface area contributed by atoms with Gasteiger partial charge in [-0.25, -0.2) is 0 Å². The van der Waals surface area contributed by atoms with Crippen molar-refractivity contribution in [3.05, 3.63) is 35.7 Å². The minimum absolute atomic E-state index is 0.350. The third-order valence-electron chi connectivity index (χ3n) is 3.61. The molecule has 0 saturated heterocycles. The van der Waals surface area contributed by atoms with E-state index in [1.54, 1.807) is 0 Å². The number of rotatable bonds is 4. The van der Waals surface area contributed by atoms with Crippen molar-refractivity contribution in [2.24, 2.45) is 0 Å². The zero-order chi connectivity index (χ0) is 13.1. The first kappa shape index (κ1) is 13.0. The largest absolute Gasteiger partial charge is 0.314 e. The maximum absolute atomic E-state index is 4.42. The fourth-order valence-electron chi connectivity index (χ4n) is 2.33. The van der Waals surface area contributed by atoms with Gasteiger partial charge in [0.2, 0.25) is 0 Å². The Kier molecular flexibility index (Phi) is 3.92. The molecule has 1 N–H and O–H groups in total. The van der Waals surface area contributed by atoms with Gasteiger partial charge in [0.15, 0.2) is 0 Å². The summed E-state index contributed by atoms with van der Waals surface area (Å²) in [5, 5.41) is 14.6. The average Bonchev–Trinajstić information content (AvgIpc) is 2.39. The van der Waals surface area contributed by atoms with E-state index in [0.717, 1.165) is 17.9 Å². The summed E-state index contributed by atoms with van der Waals surface area (Å²) in [6.07, 6.45) is 0. The maximum Gasteiger partial charge on any atom is 0.0753 e. The predicted octanol–water partition coefficient (Wildman–Crippen LogP) is 3.04. The molecule has 0 aliphatic heterocycles. The molecule has 96 valence electrons. The Morgan fingerprint density at radius 3 is 2.44 bits per heavy atom. The zero-order valence-electron chi connectivity index (χ0n) is 11.6. The molecule has 0 radical (unpaired) electrons. The number of nitrogens with one attached hydrogen (secondary N) is 1. The number of aromatic nitrogens is 2. The SMILES string of the molecule is CCNC(C)C(C)c1nnc(C)c2ccccc12. The summed E-state index contributed by atoms with van der Waals surface area (Å²) in [7, 11) is 0. The maximum atomic E-state index is 4.42. The van der Waals surface area contributed by atoms with E-state index in [4.69, 9.17) is 0 Å². The van der Waals surface area contributed by atoms with Gasteiger partial charge in [-0.05, 0) is 20.4 Å². The second kappa shape index (κ2) is 5.44. The summed E-state index contributed by atoms with van der Waals surface area (Å²) in [6.45, 7) is 9.52. The first-order valence-electron chi connectivity index (χ1n) is 6.60. The van der Waals surface area contributed by atoms with Crippen molar-refractivity contribution in [2.45, 2.75) is 39.7 Å². The monoisotopic (exact) mass is 243 g/mol. The van der Waals surface area contributed by atoms with Crippen LogP contribution in [-0.4, -0.2) is 22.8 Å². The topological polar surface area (TPSA) is 37.8 Å². The van der Waals surface area contributed by atoms with Crippen LogP contribution in [0.5, 0.6) is 0 Å². The Morgan fingerprint density at radius 1 is 1.11 bits per heavy atom. The summed E-state index contributed by atoms with van der Waals surface area (Å²) in [6, 6.07) is 8.78. The molecule has 0 amide bonds. The quantitative estimate of drug-likeness (QED) is 0.897. The van der Waals surface area contributed by atoms with Crippen LogP contribution in [0.1, 0.15) is 38.1 Å². The molecule has 0 aliphatic carbocycles. The van der Waals surface area contributed by atoms with Crippen molar-refractivity contribution < 1.29 is 0 Å². The van der Waals surface area contributed by atoms with E-state index >= 15 is 0 Å². The van der Waals surface area contributed by atoms with Gasteiger partial charge in [-0.3, -0.25) is 0 Å².